The van der Waals surface area contributed by atoms with E-state index in [1.54, 1.807) is 0 Å². The summed E-state index contributed by atoms with van der Waals surface area (Å²) in [5.41, 5.74) is 3.30. The summed E-state index contributed by atoms with van der Waals surface area (Å²) in [6.07, 6.45) is 0. The summed E-state index contributed by atoms with van der Waals surface area (Å²) in [4.78, 5) is 0. The van der Waals surface area contributed by atoms with Crippen molar-refractivity contribution >= 4 is 11.6 Å². The third-order valence-corrected chi connectivity index (χ3v) is 2.40. The van der Waals surface area contributed by atoms with Gasteiger partial charge in [-0.3, -0.25) is 0 Å². The quantitative estimate of drug-likeness (QED) is 0.719. The highest BCUT2D eigenvalue weighted by Gasteiger charge is 2.05. The van der Waals surface area contributed by atoms with Crippen LogP contribution in [0.2, 0.25) is 5.28 Å². The molecule has 1 heterocycles. The van der Waals surface area contributed by atoms with Gasteiger partial charge in [0.25, 0.3) is 0 Å². The van der Waals surface area contributed by atoms with E-state index in [2.05, 4.69) is 22.4 Å². The molecule has 5 heteroatoms. The molecule has 0 atom stereocenters. The standard InChI is InChI=1S/C9H9ClN4/c1-6-3-4-8(5-7(6)2)14-9(10)11-12-13-14/h3-5H,1-2H3. The average Bonchev–Trinajstić information content (AvgIpc) is 2.57. The molecule has 0 spiro atoms. The molecule has 0 amide bonds. The van der Waals surface area contributed by atoms with Crippen molar-refractivity contribution < 1.29 is 0 Å². The highest BCUT2D eigenvalue weighted by atomic mass is 35.5. The Morgan fingerprint density at radius 2 is 2.00 bits per heavy atom. The van der Waals surface area contributed by atoms with Gasteiger partial charge in [-0.15, -0.1) is 0 Å². The highest BCUT2D eigenvalue weighted by Crippen LogP contribution is 2.15. The summed E-state index contributed by atoms with van der Waals surface area (Å²) in [7, 11) is 0. The van der Waals surface area contributed by atoms with Gasteiger partial charge in [0.1, 0.15) is 0 Å². The van der Waals surface area contributed by atoms with Crippen LogP contribution in [-0.2, 0) is 0 Å². The van der Waals surface area contributed by atoms with Crippen LogP contribution in [-0.4, -0.2) is 20.2 Å². The maximum Gasteiger partial charge on any atom is 0.247 e. The van der Waals surface area contributed by atoms with Crippen molar-refractivity contribution in [3.8, 4) is 5.69 Å². The van der Waals surface area contributed by atoms with E-state index < -0.39 is 0 Å². The van der Waals surface area contributed by atoms with Crippen molar-refractivity contribution in [2.24, 2.45) is 0 Å². The van der Waals surface area contributed by atoms with E-state index in [-0.39, 0.29) is 5.28 Å². The van der Waals surface area contributed by atoms with Crippen LogP contribution < -0.4 is 0 Å². The maximum atomic E-state index is 5.79. The van der Waals surface area contributed by atoms with Crippen molar-refractivity contribution in [2.45, 2.75) is 13.8 Å². The van der Waals surface area contributed by atoms with Crippen molar-refractivity contribution in [1.82, 2.24) is 20.2 Å². The first-order chi connectivity index (χ1) is 6.68. The number of rotatable bonds is 1. The summed E-state index contributed by atoms with van der Waals surface area (Å²) < 4.78 is 1.49. The lowest BCUT2D eigenvalue weighted by Gasteiger charge is -2.03. The number of benzene rings is 1. The van der Waals surface area contributed by atoms with E-state index in [0.29, 0.717) is 0 Å². The average molecular weight is 209 g/mol. The van der Waals surface area contributed by atoms with Crippen LogP contribution in [0.1, 0.15) is 11.1 Å². The third kappa shape index (κ3) is 1.48. The van der Waals surface area contributed by atoms with Gasteiger partial charge >= 0.3 is 0 Å². The van der Waals surface area contributed by atoms with Gasteiger partial charge < -0.3 is 0 Å². The van der Waals surface area contributed by atoms with E-state index >= 15 is 0 Å². The topological polar surface area (TPSA) is 43.6 Å². The van der Waals surface area contributed by atoms with Crippen molar-refractivity contribution in [3.63, 3.8) is 0 Å². The van der Waals surface area contributed by atoms with E-state index in [0.717, 1.165) is 5.69 Å². The number of aromatic nitrogens is 4. The second-order valence-electron chi connectivity index (χ2n) is 3.13. The van der Waals surface area contributed by atoms with E-state index in [1.807, 2.05) is 25.1 Å². The van der Waals surface area contributed by atoms with Crippen molar-refractivity contribution in [1.29, 1.82) is 0 Å². The van der Waals surface area contributed by atoms with Gasteiger partial charge in [0.2, 0.25) is 5.28 Å². The lowest BCUT2D eigenvalue weighted by Crippen LogP contribution is -1.97. The Morgan fingerprint density at radius 1 is 1.21 bits per heavy atom. The number of hydrogen-bond acceptors (Lipinski definition) is 3. The molecule has 1 aromatic heterocycles. The second kappa shape index (κ2) is 3.38. The number of nitrogens with zero attached hydrogens (tertiary/aromatic N) is 4. The summed E-state index contributed by atoms with van der Waals surface area (Å²) >= 11 is 5.79. The second-order valence-corrected chi connectivity index (χ2v) is 3.47. The molecule has 0 saturated heterocycles. The maximum absolute atomic E-state index is 5.79. The van der Waals surface area contributed by atoms with Gasteiger partial charge in [0.15, 0.2) is 0 Å². The lowest BCUT2D eigenvalue weighted by atomic mass is 10.1. The highest BCUT2D eigenvalue weighted by molar-refractivity contribution is 6.28. The smallest absolute Gasteiger partial charge is 0.183 e. The van der Waals surface area contributed by atoms with Gasteiger partial charge in [-0.25, -0.2) is 0 Å². The first kappa shape index (κ1) is 9.15. The molecular formula is C9H9ClN4. The molecule has 0 fully saturated rings. The number of halogens is 1. The predicted octanol–water partition coefficient (Wildman–Crippen LogP) is 1.93. The van der Waals surface area contributed by atoms with Crippen LogP contribution in [0, 0.1) is 13.8 Å². The van der Waals surface area contributed by atoms with Crippen LogP contribution in [0.4, 0.5) is 0 Å². The summed E-state index contributed by atoms with van der Waals surface area (Å²) in [6, 6.07) is 5.95. The molecule has 0 aliphatic heterocycles. The minimum absolute atomic E-state index is 0.272. The van der Waals surface area contributed by atoms with E-state index in [4.69, 9.17) is 11.6 Å². The molecule has 0 N–H and O–H groups in total. The zero-order chi connectivity index (χ0) is 10.1. The molecule has 2 aromatic rings. The summed E-state index contributed by atoms with van der Waals surface area (Å²) in [5.74, 6) is 0. The Hall–Kier alpha value is -1.42. The Labute approximate surface area is 86.5 Å². The van der Waals surface area contributed by atoms with Crippen LogP contribution in [0.25, 0.3) is 5.69 Å². The minimum atomic E-state index is 0.272. The summed E-state index contributed by atoms with van der Waals surface area (Å²) in [6.45, 7) is 4.09. The Balaban J connectivity index is 2.53. The van der Waals surface area contributed by atoms with Crippen LogP contribution in [0.5, 0.6) is 0 Å². The fraction of sp³-hybridized carbons (Fsp3) is 0.222. The Bertz CT molecular complexity index is 464. The number of hydrogen-bond donors (Lipinski definition) is 0. The molecule has 0 aliphatic carbocycles. The molecule has 4 nitrogen and oxygen atoms in total. The van der Waals surface area contributed by atoms with Crippen LogP contribution in [0.3, 0.4) is 0 Å². The largest absolute Gasteiger partial charge is 0.247 e. The summed E-state index contributed by atoms with van der Waals surface area (Å²) in [5, 5.41) is 11.1. The molecular weight excluding hydrogens is 200 g/mol. The molecule has 14 heavy (non-hydrogen) atoms. The fourth-order valence-corrected chi connectivity index (χ4v) is 1.36. The zero-order valence-corrected chi connectivity index (χ0v) is 8.65. The van der Waals surface area contributed by atoms with E-state index in [1.165, 1.54) is 15.8 Å². The van der Waals surface area contributed by atoms with E-state index in [9.17, 15) is 0 Å². The predicted molar refractivity (Wildman–Crippen MR) is 53.6 cm³/mol. The van der Waals surface area contributed by atoms with Crippen LogP contribution >= 0.6 is 11.6 Å². The van der Waals surface area contributed by atoms with Crippen molar-refractivity contribution in [3.05, 3.63) is 34.6 Å². The molecule has 0 bridgehead atoms. The molecule has 0 radical (unpaired) electrons. The fourth-order valence-electron chi connectivity index (χ4n) is 1.19. The van der Waals surface area contributed by atoms with Gasteiger partial charge in [-0.2, -0.15) is 4.68 Å². The zero-order valence-electron chi connectivity index (χ0n) is 7.90. The Kier molecular flexibility index (Phi) is 2.21. The van der Waals surface area contributed by atoms with Crippen molar-refractivity contribution in [2.75, 3.05) is 0 Å². The molecule has 1 aromatic carbocycles. The first-order valence-corrected chi connectivity index (χ1v) is 4.58. The molecule has 72 valence electrons. The van der Waals surface area contributed by atoms with Gasteiger partial charge in [-0.1, -0.05) is 11.2 Å². The number of tetrazole rings is 1. The minimum Gasteiger partial charge on any atom is -0.183 e. The molecule has 2 rings (SSSR count). The van der Waals surface area contributed by atoms with Crippen LogP contribution in [0.15, 0.2) is 18.2 Å². The van der Waals surface area contributed by atoms with Gasteiger partial charge in [0.05, 0.1) is 5.69 Å². The van der Waals surface area contributed by atoms with Gasteiger partial charge in [-0.05, 0) is 59.1 Å². The molecule has 0 aliphatic rings. The normalized spacial score (nSPS) is 10.5. The first-order valence-electron chi connectivity index (χ1n) is 4.20. The number of aryl methyl sites for hydroxylation is 2. The monoisotopic (exact) mass is 208 g/mol. The SMILES string of the molecule is Cc1ccc(-n2nnnc2Cl)cc1C. The third-order valence-electron chi connectivity index (χ3n) is 2.17. The lowest BCUT2D eigenvalue weighted by molar-refractivity contribution is 0.788. The molecule has 0 unspecified atom stereocenters. The molecule has 0 saturated carbocycles. The Morgan fingerprint density at radius 3 is 2.57 bits per heavy atom. The van der Waals surface area contributed by atoms with Gasteiger partial charge in [0, 0.05) is 0 Å².